The van der Waals surface area contributed by atoms with Crippen LogP contribution in [-0.2, 0) is 11.2 Å². The zero-order valence-corrected chi connectivity index (χ0v) is 14.7. The maximum atomic E-state index is 12.3. The number of rotatable bonds is 5. The Kier molecular flexibility index (Phi) is 4.96. The summed E-state index contributed by atoms with van der Waals surface area (Å²) >= 11 is 3.62. The minimum absolute atomic E-state index is 0.134. The first kappa shape index (κ1) is 15.7. The molecule has 1 aliphatic rings. The van der Waals surface area contributed by atoms with Crippen LogP contribution in [0.5, 0.6) is 0 Å². The lowest BCUT2D eigenvalue weighted by molar-refractivity contribution is -0.123. The topological polar surface area (TPSA) is 32.3 Å². The summed E-state index contributed by atoms with van der Waals surface area (Å²) < 4.78 is 0. The van der Waals surface area contributed by atoms with Crippen LogP contribution in [0.15, 0.2) is 29.0 Å². The zero-order chi connectivity index (χ0) is 15.5. The average Bonchev–Trinajstić information content (AvgIpc) is 3.17. The summed E-state index contributed by atoms with van der Waals surface area (Å²) in [6.07, 6.45) is 2.01. The molecule has 2 aromatic heterocycles. The predicted molar refractivity (Wildman–Crippen MR) is 93.7 cm³/mol. The third-order valence-corrected chi connectivity index (χ3v) is 6.17. The lowest BCUT2D eigenvalue weighted by Crippen LogP contribution is -2.44. The number of thiophene rings is 2. The van der Waals surface area contributed by atoms with Crippen LogP contribution < -0.4 is 5.32 Å². The SMILES string of the molecule is CC[C@@H](C)NC(=O)CN1CCc2sccc2[C@@H]1c1cccs1. The molecule has 1 aliphatic heterocycles. The molecule has 0 saturated heterocycles. The largest absolute Gasteiger partial charge is 0.353 e. The predicted octanol–water partition coefficient (Wildman–Crippen LogP) is 3.67. The van der Waals surface area contributed by atoms with Gasteiger partial charge in [0.1, 0.15) is 0 Å². The normalized spacial score (nSPS) is 19.6. The molecule has 1 N–H and O–H groups in total. The van der Waals surface area contributed by atoms with Crippen molar-refractivity contribution in [1.29, 1.82) is 0 Å². The van der Waals surface area contributed by atoms with Gasteiger partial charge in [-0.1, -0.05) is 13.0 Å². The third-order valence-electron chi connectivity index (χ3n) is 4.24. The molecule has 3 heterocycles. The molecule has 118 valence electrons. The Morgan fingerprint density at radius 3 is 3.00 bits per heavy atom. The summed E-state index contributed by atoms with van der Waals surface area (Å²) in [5.41, 5.74) is 1.38. The van der Waals surface area contributed by atoms with E-state index >= 15 is 0 Å². The lowest BCUT2D eigenvalue weighted by atomic mass is 9.98. The van der Waals surface area contributed by atoms with Crippen molar-refractivity contribution >= 4 is 28.6 Å². The third kappa shape index (κ3) is 3.26. The molecule has 22 heavy (non-hydrogen) atoms. The van der Waals surface area contributed by atoms with Crippen molar-refractivity contribution < 1.29 is 4.79 Å². The van der Waals surface area contributed by atoms with E-state index in [1.54, 1.807) is 11.3 Å². The van der Waals surface area contributed by atoms with Crippen LogP contribution in [0.3, 0.4) is 0 Å². The summed E-state index contributed by atoms with van der Waals surface area (Å²) in [4.78, 5) is 17.4. The first-order valence-electron chi connectivity index (χ1n) is 7.82. The maximum Gasteiger partial charge on any atom is 0.234 e. The van der Waals surface area contributed by atoms with Gasteiger partial charge in [0.05, 0.1) is 12.6 Å². The second-order valence-corrected chi connectivity index (χ2v) is 7.79. The molecule has 0 spiro atoms. The monoisotopic (exact) mass is 334 g/mol. The van der Waals surface area contributed by atoms with Gasteiger partial charge in [0.15, 0.2) is 0 Å². The molecule has 0 fully saturated rings. The maximum absolute atomic E-state index is 12.3. The summed E-state index contributed by atoms with van der Waals surface area (Å²) in [5, 5.41) is 7.38. The van der Waals surface area contributed by atoms with Crippen molar-refractivity contribution in [3.8, 4) is 0 Å². The molecule has 2 atom stereocenters. The van der Waals surface area contributed by atoms with Crippen LogP contribution in [0.1, 0.15) is 41.6 Å². The van der Waals surface area contributed by atoms with E-state index in [1.165, 1.54) is 15.3 Å². The van der Waals surface area contributed by atoms with Crippen molar-refractivity contribution in [3.05, 3.63) is 44.3 Å². The molecule has 0 radical (unpaired) electrons. The Labute approximate surface area is 140 Å². The number of carbonyl (C=O) groups is 1. The van der Waals surface area contributed by atoms with Crippen molar-refractivity contribution in [2.75, 3.05) is 13.1 Å². The molecule has 3 rings (SSSR count). The van der Waals surface area contributed by atoms with Crippen LogP contribution in [0.25, 0.3) is 0 Å². The molecule has 0 saturated carbocycles. The number of nitrogens with one attached hydrogen (secondary N) is 1. The van der Waals surface area contributed by atoms with E-state index in [2.05, 4.69) is 53.0 Å². The number of hydrogen-bond donors (Lipinski definition) is 1. The molecule has 2 aromatic rings. The van der Waals surface area contributed by atoms with E-state index in [1.807, 2.05) is 11.3 Å². The van der Waals surface area contributed by atoms with Gasteiger partial charge in [-0.25, -0.2) is 0 Å². The second kappa shape index (κ2) is 6.94. The van der Waals surface area contributed by atoms with Gasteiger partial charge >= 0.3 is 0 Å². The molecule has 0 aromatic carbocycles. The Hall–Kier alpha value is -1.17. The van der Waals surface area contributed by atoms with Gasteiger partial charge in [-0.15, -0.1) is 22.7 Å². The first-order valence-corrected chi connectivity index (χ1v) is 9.58. The molecule has 0 unspecified atom stereocenters. The fourth-order valence-corrected chi connectivity index (χ4v) is 4.71. The van der Waals surface area contributed by atoms with E-state index < -0.39 is 0 Å². The lowest BCUT2D eigenvalue weighted by Gasteiger charge is -2.35. The quantitative estimate of drug-likeness (QED) is 0.905. The first-order chi connectivity index (χ1) is 10.7. The van der Waals surface area contributed by atoms with Crippen molar-refractivity contribution in [2.24, 2.45) is 0 Å². The van der Waals surface area contributed by atoms with Crippen molar-refractivity contribution in [2.45, 2.75) is 38.8 Å². The average molecular weight is 335 g/mol. The number of hydrogen-bond acceptors (Lipinski definition) is 4. The highest BCUT2D eigenvalue weighted by Gasteiger charge is 2.31. The van der Waals surface area contributed by atoms with Gasteiger partial charge in [-0.3, -0.25) is 9.69 Å². The van der Waals surface area contributed by atoms with Gasteiger partial charge in [0.2, 0.25) is 5.91 Å². The van der Waals surface area contributed by atoms with Gasteiger partial charge in [-0.05, 0) is 48.2 Å². The standard InChI is InChI=1S/C17H22N2OS2/c1-3-12(2)18-16(20)11-19-8-6-14-13(7-10-22-14)17(19)15-5-4-9-21-15/h4-5,7,9-10,12,17H,3,6,8,11H2,1-2H3,(H,18,20)/t12-,17-/m1/s1. The Morgan fingerprint density at radius 1 is 1.41 bits per heavy atom. The number of carbonyl (C=O) groups excluding carboxylic acids is 1. The Bertz CT molecular complexity index is 620. The molecule has 3 nitrogen and oxygen atoms in total. The minimum atomic E-state index is 0.134. The fourth-order valence-electron chi connectivity index (χ4n) is 2.93. The highest BCUT2D eigenvalue weighted by Crippen LogP contribution is 2.39. The smallest absolute Gasteiger partial charge is 0.234 e. The second-order valence-electron chi connectivity index (χ2n) is 5.81. The van der Waals surface area contributed by atoms with Gasteiger partial charge in [0, 0.05) is 22.3 Å². The number of fused-ring (bicyclic) bond motifs is 1. The molecule has 0 aliphatic carbocycles. The minimum Gasteiger partial charge on any atom is -0.353 e. The zero-order valence-electron chi connectivity index (χ0n) is 13.0. The van der Waals surface area contributed by atoms with E-state index in [9.17, 15) is 4.79 Å². The van der Waals surface area contributed by atoms with Crippen LogP contribution >= 0.6 is 22.7 Å². The molecule has 5 heteroatoms. The van der Waals surface area contributed by atoms with E-state index in [4.69, 9.17) is 0 Å². The number of amides is 1. The fraction of sp³-hybridized carbons (Fsp3) is 0.471. The van der Waals surface area contributed by atoms with Gasteiger partial charge < -0.3 is 5.32 Å². The summed E-state index contributed by atoms with van der Waals surface area (Å²) in [5.74, 6) is 0.134. The summed E-state index contributed by atoms with van der Waals surface area (Å²) in [6, 6.07) is 6.98. The molecular formula is C17H22N2OS2. The molecule has 0 bridgehead atoms. The van der Waals surface area contributed by atoms with Crippen molar-refractivity contribution in [1.82, 2.24) is 10.2 Å². The summed E-state index contributed by atoms with van der Waals surface area (Å²) in [7, 11) is 0. The molecule has 1 amide bonds. The van der Waals surface area contributed by atoms with Crippen LogP contribution in [0, 0.1) is 0 Å². The highest BCUT2D eigenvalue weighted by molar-refractivity contribution is 7.10. The Morgan fingerprint density at radius 2 is 2.27 bits per heavy atom. The van der Waals surface area contributed by atoms with E-state index in [-0.39, 0.29) is 18.0 Å². The van der Waals surface area contributed by atoms with Gasteiger partial charge in [-0.2, -0.15) is 0 Å². The van der Waals surface area contributed by atoms with E-state index in [0.717, 1.165) is 19.4 Å². The Balaban J connectivity index is 1.80. The highest BCUT2D eigenvalue weighted by atomic mass is 32.1. The van der Waals surface area contributed by atoms with Crippen molar-refractivity contribution in [3.63, 3.8) is 0 Å². The summed E-state index contributed by atoms with van der Waals surface area (Å²) in [6.45, 7) is 5.58. The van der Waals surface area contributed by atoms with Crippen LogP contribution in [-0.4, -0.2) is 29.9 Å². The van der Waals surface area contributed by atoms with Crippen LogP contribution in [0.4, 0.5) is 0 Å². The van der Waals surface area contributed by atoms with Gasteiger partial charge in [0.25, 0.3) is 0 Å². The number of nitrogens with zero attached hydrogens (tertiary/aromatic N) is 1. The molecular weight excluding hydrogens is 312 g/mol. The van der Waals surface area contributed by atoms with Crippen LogP contribution in [0.2, 0.25) is 0 Å². The van der Waals surface area contributed by atoms with E-state index in [0.29, 0.717) is 6.54 Å².